The van der Waals surface area contributed by atoms with E-state index in [0.29, 0.717) is 10.8 Å². The fourth-order valence-electron chi connectivity index (χ4n) is 1.82. The molecular weight excluding hydrogens is 282 g/mol. The lowest BCUT2D eigenvalue weighted by Crippen LogP contribution is -1.97. The first-order chi connectivity index (χ1) is 10.1. The monoisotopic (exact) mass is 297 g/mol. The van der Waals surface area contributed by atoms with Crippen molar-refractivity contribution in [2.75, 3.05) is 6.61 Å². The number of terminal acetylenes is 1. The SMILES string of the molecule is C#CCOc1ccc(Cl)cc1C=Nc1ccc(C)c(C)c1. The minimum atomic E-state index is 0.214. The van der Waals surface area contributed by atoms with E-state index >= 15 is 0 Å². The maximum Gasteiger partial charge on any atom is 0.148 e. The number of ether oxygens (including phenoxy) is 1. The molecule has 0 radical (unpaired) electrons. The van der Waals surface area contributed by atoms with Gasteiger partial charge in [-0.1, -0.05) is 23.6 Å². The van der Waals surface area contributed by atoms with Crippen LogP contribution in [0.25, 0.3) is 0 Å². The van der Waals surface area contributed by atoms with Crippen molar-refractivity contribution in [3.05, 3.63) is 58.1 Å². The zero-order valence-electron chi connectivity index (χ0n) is 12.1. The summed E-state index contributed by atoms with van der Waals surface area (Å²) in [7, 11) is 0. The molecule has 0 aliphatic rings. The molecule has 2 nitrogen and oxygen atoms in total. The molecule has 0 unspecified atom stereocenters. The van der Waals surface area contributed by atoms with Crippen LogP contribution in [0.15, 0.2) is 41.4 Å². The van der Waals surface area contributed by atoms with Crippen LogP contribution in [0.3, 0.4) is 0 Å². The number of aliphatic imine (C=N–C) groups is 1. The van der Waals surface area contributed by atoms with Crippen LogP contribution >= 0.6 is 11.6 Å². The van der Waals surface area contributed by atoms with Crippen LogP contribution in [-0.2, 0) is 0 Å². The van der Waals surface area contributed by atoms with Gasteiger partial charge in [0.15, 0.2) is 0 Å². The first kappa shape index (κ1) is 15.2. The van der Waals surface area contributed by atoms with Gasteiger partial charge < -0.3 is 4.74 Å². The molecule has 0 atom stereocenters. The van der Waals surface area contributed by atoms with Crippen LogP contribution < -0.4 is 4.74 Å². The second kappa shape index (κ2) is 6.97. The van der Waals surface area contributed by atoms with Crippen molar-refractivity contribution >= 4 is 23.5 Å². The second-order valence-electron chi connectivity index (χ2n) is 4.70. The smallest absolute Gasteiger partial charge is 0.148 e. The van der Waals surface area contributed by atoms with Gasteiger partial charge in [-0.25, -0.2) is 0 Å². The summed E-state index contributed by atoms with van der Waals surface area (Å²) in [6.45, 7) is 4.35. The minimum absolute atomic E-state index is 0.214. The van der Waals surface area contributed by atoms with Crippen molar-refractivity contribution in [2.24, 2.45) is 4.99 Å². The van der Waals surface area contributed by atoms with Gasteiger partial charge in [0.05, 0.1) is 5.69 Å². The number of rotatable bonds is 4. The van der Waals surface area contributed by atoms with E-state index in [9.17, 15) is 0 Å². The van der Waals surface area contributed by atoms with E-state index in [0.717, 1.165) is 11.3 Å². The molecule has 106 valence electrons. The van der Waals surface area contributed by atoms with Crippen LogP contribution in [0.5, 0.6) is 5.75 Å². The van der Waals surface area contributed by atoms with Crippen molar-refractivity contribution in [3.63, 3.8) is 0 Å². The highest BCUT2D eigenvalue weighted by Crippen LogP contribution is 2.23. The van der Waals surface area contributed by atoms with Gasteiger partial charge in [0, 0.05) is 16.8 Å². The molecule has 0 heterocycles. The predicted octanol–water partition coefficient (Wildman–Crippen LogP) is 4.72. The normalized spacial score (nSPS) is 10.6. The van der Waals surface area contributed by atoms with Gasteiger partial charge in [-0.2, -0.15) is 0 Å². The van der Waals surface area contributed by atoms with Gasteiger partial charge in [-0.15, -0.1) is 6.42 Å². The third-order valence-electron chi connectivity index (χ3n) is 3.13. The summed E-state index contributed by atoms with van der Waals surface area (Å²) in [5.41, 5.74) is 4.14. The molecule has 2 aromatic carbocycles. The molecule has 21 heavy (non-hydrogen) atoms. The van der Waals surface area contributed by atoms with Crippen molar-refractivity contribution in [1.29, 1.82) is 0 Å². The summed E-state index contributed by atoms with van der Waals surface area (Å²) in [6, 6.07) is 11.4. The van der Waals surface area contributed by atoms with Crippen LogP contribution in [-0.4, -0.2) is 12.8 Å². The number of hydrogen-bond donors (Lipinski definition) is 0. The quantitative estimate of drug-likeness (QED) is 0.591. The lowest BCUT2D eigenvalue weighted by Gasteiger charge is -2.06. The Hall–Kier alpha value is -2.24. The zero-order valence-corrected chi connectivity index (χ0v) is 12.8. The first-order valence-electron chi connectivity index (χ1n) is 6.57. The van der Waals surface area contributed by atoms with E-state index in [4.69, 9.17) is 22.8 Å². The molecule has 0 aliphatic heterocycles. The Balaban J connectivity index is 2.28. The number of aryl methyl sites for hydroxylation is 2. The highest BCUT2D eigenvalue weighted by atomic mass is 35.5. The van der Waals surface area contributed by atoms with Gasteiger partial charge >= 0.3 is 0 Å². The summed E-state index contributed by atoms with van der Waals surface area (Å²) in [6.07, 6.45) is 6.96. The Morgan fingerprint density at radius 3 is 2.71 bits per heavy atom. The van der Waals surface area contributed by atoms with Crippen molar-refractivity contribution in [3.8, 4) is 18.1 Å². The molecule has 0 bridgehead atoms. The standard InChI is InChI=1S/C18H16ClNO/c1-4-9-21-18-8-6-16(19)11-15(18)12-20-17-7-5-13(2)14(3)10-17/h1,5-8,10-12H,9H2,2-3H3. The van der Waals surface area contributed by atoms with Crippen molar-refractivity contribution in [1.82, 2.24) is 0 Å². The Bertz CT molecular complexity index is 714. The Kier molecular flexibility index (Phi) is 5.03. The highest BCUT2D eigenvalue weighted by molar-refractivity contribution is 6.30. The largest absolute Gasteiger partial charge is 0.480 e. The van der Waals surface area contributed by atoms with Crippen LogP contribution in [0.1, 0.15) is 16.7 Å². The van der Waals surface area contributed by atoms with E-state index in [1.54, 1.807) is 24.4 Å². The van der Waals surface area contributed by atoms with Gasteiger partial charge in [-0.05, 0) is 55.3 Å². The molecule has 2 aromatic rings. The number of nitrogens with zero attached hydrogens (tertiary/aromatic N) is 1. The molecule has 0 spiro atoms. The maximum absolute atomic E-state index is 6.02. The topological polar surface area (TPSA) is 21.6 Å². The fraction of sp³-hybridized carbons (Fsp3) is 0.167. The highest BCUT2D eigenvalue weighted by Gasteiger charge is 2.02. The number of benzene rings is 2. The molecule has 0 aliphatic carbocycles. The maximum atomic E-state index is 6.02. The Labute approximate surface area is 130 Å². The van der Waals surface area contributed by atoms with Crippen LogP contribution in [0, 0.1) is 26.2 Å². The molecule has 0 saturated carbocycles. The average molecular weight is 298 g/mol. The van der Waals surface area contributed by atoms with Crippen LogP contribution in [0.2, 0.25) is 5.02 Å². The molecule has 0 N–H and O–H groups in total. The zero-order chi connectivity index (χ0) is 15.2. The Morgan fingerprint density at radius 2 is 2.00 bits per heavy atom. The molecule has 0 saturated heterocycles. The third kappa shape index (κ3) is 4.11. The molecule has 0 aromatic heterocycles. The number of hydrogen-bond acceptors (Lipinski definition) is 2. The summed E-state index contributed by atoms with van der Waals surface area (Å²) in [5, 5.41) is 0.629. The average Bonchev–Trinajstić information content (AvgIpc) is 2.47. The summed E-state index contributed by atoms with van der Waals surface area (Å²) >= 11 is 6.02. The molecule has 0 fully saturated rings. The van der Waals surface area contributed by atoms with Gasteiger partial charge in [0.25, 0.3) is 0 Å². The van der Waals surface area contributed by atoms with Crippen molar-refractivity contribution in [2.45, 2.75) is 13.8 Å². The van der Waals surface area contributed by atoms with E-state index in [1.165, 1.54) is 11.1 Å². The lowest BCUT2D eigenvalue weighted by atomic mass is 10.1. The summed E-state index contributed by atoms with van der Waals surface area (Å²) in [5.74, 6) is 3.12. The molecule has 0 amide bonds. The van der Waals surface area contributed by atoms with Crippen molar-refractivity contribution < 1.29 is 4.74 Å². The summed E-state index contributed by atoms with van der Waals surface area (Å²) < 4.78 is 5.49. The molecule has 2 rings (SSSR count). The molecular formula is C18H16ClNO. The van der Waals surface area contributed by atoms with Gasteiger partial charge in [0.1, 0.15) is 12.4 Å². The van der Waals surface area contributed by atoms with E-state index in [-0.39, 0.29) is 6.61 Å². The van der Waals surface area contributed by atoms with Crippen LogP contribution in [0.4, 0.5) is 5.69 Å². The minimum Gasteiger partial charge on any atom is -0.480 e. The van der Waals surface area contributed by atoms with Gasteiger partial charge in [-0.3, -0.25) is 4.99 Å². The first-order valence-corrected chi connectivity index (χ1v) is 6.95. The van der Waals surface area contributed by atoms with E-state index in [2.05, 4.69) is 30.8 Å². The number of halogens is 1. The van der Waals surface area contributed by atoms with Gasteiger partial charge in [0.2, 0.25) is 0 Å². The summed E-state index contributed by atoms with van der Waals surface area (Å²) in [4.78, 5) is 4.47. The fourth-order valence-corrected chi connectivity index (χ4v) is 2.00. The predicted molar refractivity (Wildman–Crippen MR) is 89.0 cm³/mol. The Morgan fingerprint density at radius 1 is 1.19 bits per heavy atom. The second-order valence-corrected chi connectivity index (χ2v) is 5.14. The van der Waals surface area contributed by atoms with E-state index < -0.39 is 0 Å². The third-order valence-corrected chi connectivity index (χ3v) is 3.36. The molecule has 3 heteroatoms. The van der Waals surface area contributed by atoms with E-state index in [1.807, 2.05) is 12.1 Å². The lowest BCUT2D eigenvalue weighted by molar-refractivity contribution is 0.370.